The van der Waals surface area contributed by atoms with E-state index in [1.54, 1.807) is 23.7 Å². The van der Waals surface area contributed by atoms with Crippen LogP contribution in [0.5, 0.6) is 0 Å². The third-order valence-electron chi connectivity index (χ3n) is 3.46. The molecule has 0 aliphatic rings. The molecule has 0 unspecified atom stereocenters. The van der Waals surface area contributed by atoms with Crippen LogP contribution in [-0.4, -0.2) is 16.9 Å². The standard InChI is InChI=1S/C16H14N2O3/c1-10-7-13(9-19)11(2)18(10)17-16(20)15-8-12-5-3-4-6-14(12)21-15/h3-9H,1-2H3,(H,17,20). The minimum atomic E-state index is -0.356. The Labute approximate surface area is 121 Å². The molecule has 2 aromatic heterocycles. The van der Waals surface area contributed by atoms with E-state index in [0.29, 0.717) is 16.8 Å². The first-order valence-corrected chi connectivity index (χ1v) is 6.54. The lowest BCUT2D eigenvalue weighted by molar-refractivity contribution is 0.0982. The number of fused-ring (bicyclic) bond motifs is 1. The average Bonchev–Trinajstić information content (AvgIpc) is 3.03. The monoisotopic (exact) mass is 282 g/mol. The van der Waals surface area contributed by atoms with Gasteiger partial charge in [0.05, 0.1) is 0 Å². The second-order valence-corrected chi connectivity index (χ2v) is 4.87. The van der Waals surface area contributed by atoms with E-state index in [4.69, 9.17) is 4.42 Å². The van der Waals surface area contributed by atoms with Crippen molar-refractivity contribution in [2.45, 2.75) is 13.8 Å². The highest BCUT2D eigenvalue weighted by Crippen LogP contribution is 2.19. The third-order valence-corrected chi connectivity index (χ3v) is 3.46. The summed E-state index contributed by atoms with van der Waals surface area (Å²) in [6.07, 6.45) is 0.770. The van der Waals surface area contributed by atoms with E-state index in [-0.39, 0.29) is 11.7 Å². The van der Waals surface area contributed by atoms with Crippen molar-refractivity contribution in [3.63, 3.8) is 0 Å². The number of nitrogens with zero attached hydrogens (tertiary/aromatic N) is 1. The van der Waals surface area contributed by atoms with Gasteiger partial charge in [-0.05, 0) is 32.0 Å². The maximum absolute atomic E-state index is 12.3. The molecule has 3 aromatic rings. The topological polar surface area (TPSA) is 64.2 Å². The third kappa shape index (κ3) is 2.23. The Morgan fingerprint density at radius 1 is 1.24 bits per heavy atom. The summed E-state index contributed by atoms with van der Waals surface area (Å²) in [6.45, 7) is 3.59. The van der Waals surface area contributed by atoms with Crippen LogP contribution >= 0.6 is 0 Å². The van der Waals surface area contributed by atoms with E-state index in [1.165, 1.54) is 0 Å². The van der Waals surface area contributed by atoms with Gasteiger partial charge in [0.15, 0.2) is 12.0 Å². The molecule has 0 radical (unpaired) electrons. The molecule has 0 aliphatic heterocycles. The zero-order chi connectivity index (χ0) is 15.0. The summed E-state index contributed by atoms with van der Waals surface area (Å²) in [7, 11) is 0. The molecule has 5 nitrogen and oxygen atoms in total. The molecule has 0 atom stereocenters. The Kier molecular flexibility index (Phi) is 3.10. The van der Waals surface area contributed by atoms with E-state index in [2.05, 4.69) is 5.43 Å². The Morgan fingerprint density at radius 3 is 2.67 bits per heavy atom. The van der Waals surface area contributed by atoms with Crippen molar-refractivity contribution in [2.75, 3.05) is 5.43 Å². The van der Waals surface area contributed by atoms with Crippen molar-refractivity contribution in [3.8, 4) is 0 Å². The number of nitrogens with one attached hydrogen (secondary N) is 1. The van der Waals surface area contributed by atoms with Gasteiger partial charge in [-0.3, -0.25) is 19.7 Å². The number of amides is 1. The van der Waals surface area contributed by atoms with Gasteiger partial charge in [-0.2, -0.15) is 0 Å². The summed E-state index contributed by atoms with van der Waals surface area (Å²) in [5.74, 6) is -0.123. The Hall–Kier alpha value is -2.82. The zero-order valence-electron chi connectivity index (χ0n) is 11.7. The molecule has 0 aliphatic carbocycles. The minimum absolute atomic E-state index is 0.233. The summed E-state index contributed by atoms with van der Waals surface area (Å²) in [4.78, 5) is 23.2. The molecular weight excluding hydrogens is 268 g/mol. The lowest BCUT2D eigenvalue weighted by Gasteiger charge is -2.09. The lowest BCUT2D eigenvalue weighted by Crippen LogP contribution is -2.24. The fraction of sp³-hybridized carbons (Fsp3) is 0.125. The molecule has 1 aromatic carbocycles. The molecule has 0 saturated heterocycles. The van der Waals surface area contributed by atoms with E-state index in [1.807, 2.05) is 31.2 Å². The van der Waals surface area contributed by atoms with Crippen LogP contribution in [0.15, 0.2) is 40.8 Å². The number of benzene rings is 1. The van der Waals surface area contributed by atoms with Crippen LogP contribution in [0.2, 0.25) is 0 Å². The van der Waals surface area contributed by atoms with Crippen LogP contribution in [0, 0.1) is 13.8 Å². The molecule has 1 N–H and O–H groups in total. The molecule has 106 valence electrons. The number of carbonyl (C=O) groups excluding carboxylic acids is 2. The van der Waals surface area contributed by atoms with E-state index in [0.717, 1.165) is 17.4 Å². The van der Waals surface area contributed by atoms with Gasteiger partial charge >= 0.3 is 5.91 Å². The number of aromatic nitrogens is 1. The van der Waals surface area contributed by atoms with Crippen molar-refractivity contribution in [3.05, 3.63) is 59.1 Å². The maximum atomic E-state index is 12.3. The summed E-state index contributed by atoms with van der Waals surface area (Å²) in [5, 5.41) is 0.872. The van der Waals surface area contributed by atoms with Gasteiger partial charge in [-0.1, -0.05) is 18.2 Å². The SMILES string of the molecule is Cc1cc(C=O)c(C)n1NC(=O)c1cc2ccccc2o1. The Bertz CT molecular complexity index is 809. The highest BCUT2D eigenvalue weighted by Gasteiger charge is 2.15. The predicted octanol–water partition coefficient (Wildman–Crippen LogP) is 3.05. The second kappa shape index (κ2) is 4.94. The number of rotatable bonds is 3. The van der Waals surface area contributed by atoms with Gasteiger partial charge < -0.3 is 4.42 Å². The zero-order valence-corrected chi connectivity index (χ0v) is 11.7. The van der Waals surface area contributed by atoms with E-state index in [9.17, 15) is 9.59 Å². The molecule has 3 rings (SSSR count). The first-order chi connectivity index (χ1) is 10.1. The van der Waals surface area contributed by atoms with Crippen molar-refractivity contribution >= 4 is 23.2 Å². The highest BCUT2D eigenvalue weighted by atomic mass is 16.3. The number of aldehydes is 1. The van der Waals surface area contributed by atoms with E-state index >= 15 is 0 Å². The number of aryl methyl sites for hydroxylation is 1. The van der Waals surface area contributed by atoms with Gasteiger partial charge in [0.2, 0.25) is 0 Å². The van der Waals surface area contributed by atoms with Gasteiger partial charge in [0, 0.05) is 22.3 Å². The fourth-order valence-electron chi connectivity index (χ4n) is 2.33. The smallest absolute Gasteiger partial charge is 0.305 e. The van der Waals surface area contributed by atoms with Gasteiger partial charge in [-0.15, -0.1) is 0 Å². The number of para-hydroxylation sites is 1. The van der Waals surface area contributed by atoms with Crippen molar-refractivity contribution < 1.29 is 14.0 Å². The maximum Gasteiger partial charge on any atom is 0.305 e. The molecule has 1 amide bonds. The second-order valence-electron chi connectivity index (χ2n) is 4.87. The first kappa shape index (κ1) is 13.2. The first-order valence-electron chi connectivity index (χ1n) is 6.54. The summed E-state index contributed by atoms with van der Waals surface area (Å²) >= 11 is 0. The van der Waals surface area contributed by atoms with Crippen LogP contribution in [-0.2, 0) is 0 Å². The normalized spacial score (nSPS) is 10.8. The van der Waals surface area contributed by atoms with Crippen molar-refractivity contribution in [1.29, 1.82) is 0 Å². The summed E-state index contributed by atoms with van der Waals surface area (Å²) in [5.41, 5.74) is 5.42. The van der Waals surface area contributed by atoms with E-state index < -0.39 is 0 Å². The predicted molar refractivity (Wildman–Crippen MR) is 79.2 cm³/mol. The molecule has 0 spiro atoms. The number of furan rings is 1. The summed E-state index contributed by atoms with van der Waals surface area (Å²) < 4.78 is 7.10. The van der Waals surface area contributed by atoms with Crippen LogP contribution in [0.25, 0.3) is 11.0 Å². The fourth-order valence-corrected chi connectivity index (χ4v) is 2.33. The van der Waals surface area contributed by atoms with Gasteiger partial charge in [0.25, 0.3) is 0 Å². The van der Waals surface area contributed by atoms with Crippen LogP contribution < -0.4 is 5.43 Å². The van der Waals surface area contributed by atoms with Gasteiger partial charge in [-0.25, -0.2) is 0 Å². The number of hydrogen-bond acceptors (Lipinski definition) is 3. The van der Waals surface area contributed by atoms with Crippen LogP contribution in [0.4, 0.5) is 0 Å². The quantitative estimate of drug-likeness (QED) is 0.751. The average molecular weight is 282 g/mol. The van der Waals surface area contributed by atoms with Gasteiger partial charge in [0.1, 0.15) is 5.58 Å². The largest absolute Gasteiger partial charge is 0.451 e. The van der Waals surface area contributed by atoms with Crippen molar-refractivity contribution in [1.82, 2.24) is 4.68 Å². The molecule has 5 heteroatoms. The molecule has 0 saturated carbocycles. The number of hydrogen-bond donors (Lipinski definition) is 1. The molecule has 21 heavy (non-hydrogen) atoms. The molecule has 2 heterocycles. The minimum Gasteiger partial charge on any atom is -0.451 e. The molecular formula is C16H14N2O3. The number of carbonyl (C=O) groups is 2. The molecule has 0 bridgehead atoms. The Balaban J connectivity index is 1.93. The summed E-state index contributed by atoms with van der Waals surface area (Å²) in [6, 6.07) is 10.8. The highest BCUT2D eigenvalue weighted by molar-refractivity contribution is 6.01. The molecule has 0 fully saturated rings. The van der Waals surface area contributed by atoms with Crippen LogP contribution in [0.3, 0.4) is 0 Å². The van der Waals surface area contributed by atoms with Crippen LogP contribution in [0.1, 0.15) is 32.3 Å². The lowest BCUT2D eigenvalue weighted by atomic mass is 10.2. The van der Waals surface area contributed by atoms with Crippen molar-refractivity contribution in [2.24, 2.45) is 0 Å². The Morgan fingerprint density at radius 2 is 2.00 bits per heavy atom.